The van der Waals surface area contributed by atoms with E-state index in [1.54, 1.807) is 11.0 Å². The van der Waals surface area contributed by atoms with Gasteiger partial charge >= 0.3 is 0 Å². The van der Waals surface area contributed by atoms with Crippen LogP contribution in [0.4, 0.5) is 11.5 Å². The van der Waals surface area contributed by atoms with Crippen LogP contribution in [0, 0.1) is 6.92 Å². The van der Waals surface area contributed by atoms with Crippen LogP contribution in [0.5, 0.6) is 0 Å². The molecule has 108 valence electrons. The number of nitrogens with one attached hydrogen (secondary N) is 1. The van der Waals surface area contributed by atoms with Gasteiger partial charge in [0.25, 0.3) is 0 Å². The van der Waals surface area contributed by atoms with Crippen molar-refractivity contribution >= 4 is 22.5 Å². The van der Waals surface area contributed by atoms with Gasteiger partial charge in [0, 0.05) is 12.7 Å². The van der Waals surface area contributed by atoms with Crippen molar-refractivity contribution in [1.82, 2.24) is 19.7 Å². The quantitative estimate of drug-likeness (QED) is 0.797. The first-order valence-corrected chi connectivity index (χ1v) is 7.07. The van der Waals surface area contributed by atoms with Crippen LogP contribution in [-0.4, -0.2) is 19.7 Å². The molecule has 0 aliphatic carbocycles. The highest BCUT2D eigenvalue weighted by Gasteiger charge is 2.12. The summed E-state index contributed by atoms with van der Waals surface area (Å²) in [5, 5.41) is 8.73. The monoisotopic (exact) mass is 281 g/mol. The van der Waals surface area contributed by atoms with Gasteiger partial charge in [-0.3, -0.25) is 4.68 Å². The molecule has 5 nitrogen and oxygen atoms in total. The van der Waals surface area contributed by atoms with E-state index in [0.717, 1.165) is 28.2 Å². The Balaban J connectivity index is 1.98. The molecule has 0 radical (unpaired) electrons. The molecular weight excluding hydrogens is 262 g/mol. The molecule has 0 bridgehead atoms. The maximum Gasteiger partial charge on any atom is 0.163 e. The maximum absolute atomic E-state index is 4.40. The Morgan fingerprint density at radius 1 is 1.10 bits per heavy atom. The predicted molar refractivity (Wildman–Crippen MR) is 84.9 cm³/mol. The molecule has 2 aromatic heterocycles. The molecule has 1 N–H and O–H groups in total. The molecule has 0 atom stereocenters. The van der Waals surface area contributed by atoms with Crippen molar-refractivity contribution in [2.75, 3.05) is 5.32 Å². The minimum Gasteiger partial charge on any atom is -0.340 e. The lowest BCUT2D eigenvalue weighted by atomic mass is 10.0. The zero-order valence-electron chi connectivity index (χ0n) is 12.8. The first kappa shape index (κ1) is 13.5. The summed E-state index contributed by atoms with van der Waals surface area (Å²) < 4.78 is 1.78. The van der Waals surface area contributed by atoms with Crippen molar-refractivity contribution in [2.24, 2.45) is 7.05 Å². The number of aromatic nitrogens is 4. The second-order valence-electron chi connectivity index (χ2n) is 5.53. The zero-order chi connectivity index (χ0) is 15.0. The van der Waals surface area contributed by atoms with Gasteiger partial charge in [-0.1, -0.05) is 26.0 Å². The average Bonchev–Trinajstić information content (AvgIpc) is 2.76. The van der Waals surface area contributed by atoms with Crippen LogP contribution in [0.3, 0.4) is 0 Å². The molecule has 21 heavy (non-hydrogen) atoms. The van der Waals surface area contributed by atoms with Crippen LogP contribution in [-0.2, 0) is 7.05 Å². The maximum atomic E-state index is 4.40. The van der Waals surface area contributed by atoms with Crippen LogP contribution in [0.15, 0.2) is 30.6 Å². The Bertz CT molecular complexity index is 771. The van der Waals surface area contributed by atoms with Gasteiger partial charge in [-0.2, -0.15) is 5.10 Å². The van der Waals surface area contributed by atoms with Crippen LogP contribution >= 0.6 is 0 Å². The van der Waals surface area contributed by atoms with E-state index in [1.165, 1.54) is 5.56 Å². The van der Waals surface area contributed by atoms with Gasteiger partial charge in [-0.05, 0) is 30.5 Å². The third-order valence-corrected chi connectivity index (χ3v) is 3.64. The minimum absolute atomic E-state index is 0.533. The number of fused-ring (bicyclic) bond motifs is 1. The molecule has 1 aromatic carbocycles. The molecule has 0 fully saturated rings. The normalized spacial score (nSPS) is 11.3. The highest BCUT2D eigenvalue weighted by atomic mass is 15.3. The van der Waals surface area contributed by atoms with E-state index in [9.17, 15) is 0 Å². The van der Waals surface area contributed by atoms with Crippen LogP contribution in [0.2, 0.25) is 0 Å². The van der Waals surface area contributed by atoms with Crippen molar-refractivity contribution in [1.29, 1.82) is 0 Å². The lowest BCUT2D eigenvalue weighted by Crippen LogP contribution is -1.97. The van der Waals surface area contributed by atoms with Crippen molar-refractivity contribution in [3.8, 4) is 0 Å². The summed E-state index contributed by atoms with van der Waals surface area (Å²) in [6, 6.07) is 8.44. The molecule has 0 amide bonds. The third-order valence-electron chi connectivity index (χ3n) is 3.64. The highest BCUT2D eigenvalue weighted by molar-refractivity contribution is 5.90. The van der Waals surface area contributed by atoms with E-state index < -0.39 is 0 Å². The molecule has 0 aliphatic heterocycles. The Labute approximate surface area is 124 Å². The second kappa shape index (κ2) is 5.16. The van der Waals surface area contributed by atoms with Crippen molar-refractivity contribution in [2.45, 2.75) is 26.7 Å². The molecule has 0 aliphatic rings. The topological polar surface area (TPSA) is 55.6 Å². The second-order valence-corrected chi connectivity index (χ2v) is 5.53. The molecular formula is C16H19N5. The summed E-state index contributed by atoms with van der Waals surface area (Å²) >= 11 is 0. The van der Waals surface area contributed by atoms with Gasteiger partial charge in [0.2, 0.25) is 0 Å². The SMILES string of the molecule is Cc1nn(C)c2ncnc(Nc3ccc(C(C)C)cc3)c12. The summed E-state index contributed by atoms with van der Waals surface area (Å²) in [6.45, 7) is 6.35. The number of hydrogen-bond acceptors (Lipinski definition) is 4. The molecule has 5 heteroatoms. The summed E-state index contributed by atoms with van der Waals surface area (Å²) in [7, 11) is 1.89. The molecule has 0 saturated heterocycles. The largest absolute Gasteiger partial charge is 0.340 e. The molecule has 3 rings (SSSR count). The summed E-state index contributed by atoms with van der Waals surface area (Å²) in [6.07, 6.45) is 1.56. The lowest BCUT2D eigenvalue weighted by molar-refractivity contribution is 0.773. The first-order chi connectivity index (χ1) is 10.1. The van der Waals surface area contributed by atoms with Crippen molar-refractivity contribution < 1.29 is 0 Å². The fourth-order valence-electron chi connectivity index (χ4n) is 2.46. The van der Waals surface area contributed by atoms with Gasteiger partial charge in [0.05, 0.1) is 11.1 Å². The molecule has 0 unspecified atom stereocenters. The Hall–Kier alpha value is -2.43. The number of anilines is 2. The number of rotatable bonds is 3. The third kappa shape index (κ3) is 2.46. The van der Waals surface area contributed by atoms with Crippen LogP contribution < -0.4 is 5.32 Å². The molecule has 0 spiro atoms. The number of nitrogens with zero attached hydrogens (tertiary/aromatic N) is 4. The van der Waals surface area contributed by atoms with E-state index in [2.05, 4.69) is 58.5 Å². The molecule has 2 heterocycles. The number of aryl methyl sites for hydroxylation is 2. The van der Waals surface area contributed by atoms with Gasteiger partial charge < -0.3 is 5.32 Å². The highest BCUT2D eigenvalue weighted by Crippen LogP contribution is 2.26. The Morgan fingerprint density at radius 3 is 2.48 bits per heavy atom. The molecule has 3 aromatic rings. The van der Waals surface area contributed by atoms with E-state index in [0.29, 0.717) is 5.92 Å². The van der Waals surface area contributed by atoms with E-state index in [4.69, 9.17) is 0 Å². The van der Waals surface area contributed by atoms with Crippen molar-refractivity contribution in [3.05, 3.63) is 41.9 Å². The molecule has 0 saturated carbocycles. The van der Waals surface area contributed by atoms with E-state index in [-0.39, 0.29) is 0 Å². The zero-order valence-corrected chi connectivity index (χ0v) is 12.8. The van der Waals surface area contributed by atoms with Gasteiger partial charge in [-0.15, -0.1) is 0 Å². The van der Waals surface area contributed by atoms with E-state index >= 15 is 0 Å². The van der Waals surface area contributed by atoms with Gasteiger partial charge in [-0.25, -0.2) is 9.97 Å². The van der Waals surface area contributed by atoms with E-state index in [1.807, 2.05) is 14.0 Å². The standard InChI is InChI=1S/C16H19N5/c1-10(2)12-5-7-13(8-6-12)19-15-14-11(3)20-21(4)16(14)18-9-17-15/h5-10H,1-4H3,(H,17,18,19). The Kier molecular flexibility index (Phi) is 3.33. The smallest absolute Gasteiger partial charge is 0.163 e. The summed E-state index contributed by atoms with van der Waals surface area (Å²) in [5.74, 6) is 1.33. The predicted octanol–water partition coefficient (Wildman–Crippen LogP) is 3.54. The summed E-state index contributed by atoms with van der Waals surface area (Å²) in [5.41, 5.74) is 4.10. The Morgan fingerprint density at radius 2 is 1.81 bits per heavy atom. The van der Waals surface area contributed by atoms with Crippen LogP contribution in [0.1, 0.15) is 31.0 Å². The van der Waals surface area contributed by atoms with Gasteiger partial charge in [0.1, 0.15) is 12.1 Å². The number of hydrogen-bond donors (Lipinski definition) is 1. The van der Waals surface area contributed by atoms with Crippen molar-refractivity contribution in [3.63, 3.8) is 0 Å². The fraction of sp³-hybridized carbons (Fsp3) is 0.312. The lowest BCUT2D eigenvalue weighted by Gasteiger charge is -2.09. The fourth-order valence-corrected chi connectivity index (χ4v) is 2.46. The number of benzene rings is 1. The summed E-state index contributed by atoms with van der Waals surface area (Å²) in [4.78, 5) is 8.65. The first-order valence-electron chi connectivity index (χ1n) is 7.07. The minimum atomic E-state index is 0.533. The van der Waals surface area contributed by atoms with Crippen LogP contribution in [0.25, 0.3) is 11.0 Å². The van der Waals surface area contributed by atoms with Gasteiger partial charge in [0.15, 0.2) is 5.65 Å². The average molecular weight is 281 g/mol.